The number of para-hydroxylation sites is 1. The number of sulfonamides is 1. The predicted molar refractivity (Wildman–Crippen MR) is 97.6 cm³/mol. The SMILES string of the molecule is O=C(CN=C1NS(=O)(=O)c2ccccc21)OCc1nc2ccccc2s1. The van der Waals surface area contributed by atoms with E-state index in [0.29, 0.717) is 10.6 Å². The fourth-order valence-electron chi connectivity index (χ4n) is 2.56. The molecule has 0 spiro atoms. The molecule has 1 aromatic heterocycles. The van der Waals surface area contributed by atoms with Crippen LogP contribution in [0.25, 0.3) is 10.2 Å². The number of carbonyl (C=O) groups is 1. The zero-order valence-electron chi connectivity index (χ0n) is 13.4. The molecular weight excluding hydrogens is 374 g/mol. The first-order valence-electron chi connectivity index (χ1n) is 7.70. The third kappa shape index (κ3) is 3.18. The molecule has 0 radical (unpaired) electrons. The van der Waals surface area contributed by atoms with Gasteiger partial charge >= 0.3 is 5.97 Å². The normalized spacial score (nSPS) is 16.4. The lowest BCUT2D eigenvalue weighted by Crippen LogP contribution is -2.23. The van der Waals surface area contributed by atoms with E-state index < -0.39 is 16.0 Å². The second-order valence-corrected chi connectivity index (χ2v) is 8.27. The molecule has 26 heavy (non-hydrogen) atoms. The Bertz CT molecular complexity index is 1100. The van der Waals surface area contributed by atoms with Crippen LogP contribution in [0, 0.1) is 0 Å². The van der Waals surface area contributed by atoms with Gasteiger partial charge in [-0.3, -0.25) is 14.5 Å². The van der Waals surface area contributed by atoms with Gasteiger partial charge in [-0.25, -0.2) is 13.4 Å². The van der Waals surface area contributed by atoms with E-state index >= 15 is 0 Å². The lowest BCUT2D eigenvalue weighted by molar-refractivity contribution is -0.143. The van der Waals surface area contributed by atoms with Crippen molar-refractivity contribution in [3.63, 3.8) is 0 Å². The molecule has 4 rings (SSSR count). The Morgan fingerprint density at radius 3 is 2.77 bits per heavy atom. The van der Waals surface area contributed by atoms with Gasteiger partial charge in [0.2, 0.25) is 0 Å². The van der Waals surface area contributed by atoms with Crippen molar-refractivity contribution in [2.24, 2.45) is 4.99 Å². The van der Waals surface area contributed by atoms with E-state index in [1.165, 1.54) is 17.4 Å². The van der Waals surface area contributed by atoms with Gasteiger partial charge in [-0.05, 0) is 24.3 Å². The second kappa shape index (κ2) is 6.50. The second-order valence-electron chi connectivity index (χ2n) is 5.50. The highest BCUT2D eigenvalue weighted by Crippen LogP contribution is 2.23. The van der Waals surface area contributed by atoms with Crippen LogP contribution in [0.1, 0.15) is 10.6 Å². The van der Waals surface area contributed by atoms with Crippen LogP contribution in [-0.4, -0.2) is 31.8 Å². The molecule has 0 fully saturated rings. The van der Waals surface area contributed by atoms with Crippen LogP contribution in [0.4, 0.5) is 0 Å². The van der Waals surface area contributed by atoms with Gasteiger partial charge in [0.25, 0.3) is 10.0 Å². The summed E-state index contributed by atoms with van der Waals surface area (Å²) in [5, 5.41) is 0.694. The number of nitrogens with one attached hydrogen (secondary N) is 1. The van der Waals surface area contributed by atoms with E-state index in [0.717, 1.165) is 10.2 Å². The number of aromatic nitrogens is 1. The zero-order chi connectivity index (χ0) is 18.1. The smallest absolute Gasteiger partial charge is 0.328 e. The number of aliphatic imine (C=N–C) groups is 1. The molecule has 0 amide bonds. The lowest BCUT2D eigenvalue weighted by Gasteiger charge is -2.01. The molecule has 0 unspecified atom stereocenters. The third-order valence-electron chi connectivity index (χ3n) is 3.72. The van der Waals surface area contributed by atoms with Crippen molar-refractivity contribution in [2.45, 2.75) is 11.5 Å². The fraction of sp³-hybridized carbons (Fsp3) is 0.118. The number of rotatable bonds is 4. The molecule has 1 N–H and O–H groups in total. The van der Waals surface area contributed by atoms with Crippen LogP contribution >= 0.6 is 11.3 Å². The summed E-state index contributed by atoms with van der Waals surface area (Å²) >= 11 is 1.46. The fourth-order valence-corrected chi connectivity index (χ4v) is 4.70. The van der Waals surface area contributed by atoms with Crippen molar-refractivity contribution in [2.75, 3.05) is 6.54 Å². The van der Waals surface area contributed by atoms with Gasteiger partial charge < -0.3 is 4.74 Å². The largest absolute Gasteiger partial charge is 0.457 e. The maximum absolute atomic E-state index is 12.0. The Balaban J connectivity index is 1.42. The van der Waals surface area contributed by atoms with Gasteiger partial charge in [-0.1, -0.05) is 24.3 Å². The van der Waals surface area contributed by atoms with Crippen molar-refractivity contribution in [3.05, 3.63) is 59.1 Å². The van der Waals surface area contributed by atoms with E-state index in [2.05, 4.69) is 14.7 Å². The van der Waals surface area contributed by atoms with E-state index in [9.17, 15) is 13.2 Å². The summed E-state index contributed by atoms with van der Waals surface area (Å²) in [6.07, 6.45) is 0. The molecule has 9 heteroatoms. The third-order valence-corrected chi connectivity index (χ3v) is 6.13. The molecule has 132 valence electrons. The van der Waals surface area contributed by atoms with Gasteiger partial charge in [-0.2, -0.15) is 0 Å². The maximum Gasteiger partial charge on any atom is 0.328 e. The average Bonchev–Trinajstić information content (AvgIpc) is 3.17. The monoisotopic (exact) mass is 387 g/mol. The summed E-state index contributed by atoms with van der Waals surface area (Å²) in [6, 6.07) is 14.1. The molecule has 0 saturated heterocycles. The molecule has 1 aliphatic heterocycles. The molecule has 7 nitrogen and oxygen atoms in total. The predicted octanol–water partition coefficient (Wildman–Crippen LogP) is 2.08. The van der Waals surface area contributed by atoms with Gasteiger partial charge in [0, 0.05) is 5.56 Å². The topological polar surface area (TPSA) is 97.7 Å². The van der Waals surface area contributed by atoms with Crippen molar-refractivity contribution < 1.29 is 17.9 Å². The quantitative estimate of drug-likeness (QED) is 0.691. The minimum Gasteiger partial charge on any atom is -0.457 e. The summed E-state index contributed by atoms with van der Waals surface area (Å²) in [6.45, 7) is -0.220. The highest BCUT2D eigenvalue weighted by molar-refractivity contribution is 7.90. The van der Waals surface area contributed by atoms with Crippen LogP contribution in [0.2, 0.25) is 0 Å². The minimum absolute atomic E-state index is 0.0609. The van der Waals surface area contributed by atoms with Crippen LogP contribution in [0.5, 0.6) is 0 Å². The molecular formula is C17H13N3O4S2. The molecule has 0 saturated carbocycles. The van der Waals surface area contributed by atoms with Crippen LogP contribution in [-0.2, 0) is 26.2 Å². The van der Waals surface area contributed by atoms with Gasteiger partial charge in [0.15, 0.2) is 0 Å². The molecule has 0 aliphatic carbocycles. The number of hydrogen-bond acceptors (Lipinski definition) is 7. The number of hydrogen-bond donors (Lipinski definition) is 1. The standard InChI is InChI=1S/C17H13N3O4S2/c21-16(24-10-15-19-12-6-2-3-7-13(12)25-15)9-18-17-11-5-1-4-8-14(11)26(22,23)20-17/h1-8H,9-10H2,(H,18,20). The number of ether oxygens (including phenoxy) is 1. The Morgan fingerprint density at radius 1 is 1.15 bits per heavy atom. The van der Waals surface area contributed by atoms with Crippen LogP contribution in [0.3, 0.4) is 0 Å². The first-order chi connectivity index (χ1) is 12.5. The molecule has 3 aromatic rings. The number of esters is 1. The summed E-state index contributed by atoms with van der Waals surface area (Å²) in [4.78, 5) is 20.5. The maximum atomic E-state index is 12.0. The molecule has 1 aliphatic rings. The van der Waals surface area contributed by atoms with Crippen molar-refractivity contribution >= 4 is 43.4 Å². The van der Waals surface area contributed by atoms with Gasteiger partial charge in [0.05, 0.1) is 15.1 Å². The Morgan fingerprint density at radius 2 is 1.92 bits per heavy atom. The molecule has 0 atom stereocenters. The minimum atomic E-state index is -3.61. The Labute approximate surface area is 153 Å². The van der Waals surface area contributed by atoms with E-state index in [-0.39, 0.29) is 23.9 Å². The van der Waals surface area contributed by atoms with Gasteiger partial charge in [-0.15, -0.1) is 11.3 Å². The van der Waals surface area contributed by atoms with Crippen molar-refractivity contribution in [1.29, 1.82) is 0 Å². The highest BCUT2D eigenvalue weighted by Gasteiger charge is 2.30. The summed E-state index contributed by atoms with van der Waals surface area (Å²) in [5.74, 6) is -0.405. The summed E-state index contributed by atoms with van der Waals surface area (Å²) in [5.41, 5.74) is 1.31. The Hall–Kier alpha value is -2.78. The molecule has 2 aromatic carbocycles. The zero-order valence-corrected chi connectivity index (χ0v) is 15.0. The average molecular weight is 387 g/mol. The first-order valence-corrected chi connectivity index (χ1v) is 10.00. The number of benzene rings is 2. The Kier molecular flexibility index (Phi) is 4.17. The summed E-state index contributed by atoms with van der Waals surface area (Å²) < 4.78 is 32.5. The number of amidine groups is 1. The summed E-state index contributed by atoms with van der Waals surface area (Å²) in [7, 11) is -3.61. The first kappa shape index (κ1) is 16.7. The number of nitrogens with zero attached hydrogens (tertiary/aromatic N) is 2. The van der Waals surface area contributed by atoms with E-state index in [4.69, 9.17) is 4.74 Å². The molecule has 0 bridgehead atoms. The van der Waals surface area contributed by atoms with Crippen molar-refractivity contribution in [1.82, 2.24) is 9.71 Å². The van der Waals surface area contributed by atoms with E-state index in [1.54, 1.807) is 18.2 Å². The van der Waals surface area contributed by atoms with Crippen LogP contribution < -0.4 is 4.72 Å². The number of carbonyl (C=O) groups excluding carboxylic acids is 1. The van der Waals surface area contributed by atoms with E-state index in [1.807, 2.05) is 24.3 Å². The van der Waals surface area contributed by atoms with Crippen molar-refractivity contribution in [3.8, 4) is 0 Å². The number of thiazole rings is 1. The number of fused-ring (bicyclic) bond motifs is 2. The molecule has 2 heterocycles. The van der Waals surface area contributed by atoms with Crippen LogP contribution in [0.15, 0.2) is 58.4 Å². The lowest BCUT2D eigenvalue weighted by atomic mass is 10.2. The van der Waals surface area contributed by atoms with Gasteiger partial charge in [0.1, 0.15) is 24.0 Å². The highest BCUT2D eigenvalue weighted by atomic mass is 32.2.